The average Bonchev–Trinajstić information content (AvgIpc) is 2.96. The fourth-order valence-electron chi connectivity index (χ4n) is 2.88. The highest BCUT2D eigenvalue weighted by Crippen LogP contribution is 2.34. The third-order valence-corrected chi connectivity index (χ3v) is 5.07. The van der Waals surface area contributed by atoms with Gasteiger partial charge in [0, 0.05) is 27.5 Å². The first-order chi connectivity index (χ1) is 9.13. The van der Waals surface area contributed by atoms with E-state index >= 15 is 0 Å². The smallest absolute Gasteiger partial charge is 0.0391 e. The number of hydrogen-bond donors (Lipinski definition) is 2. The third kappa shape index (κ3) is 2.53. The maximum absolute atomic E-state index is 5.85. The van der Waals surface area contributed by atoms with Crippen LogP contribution >= 0.6 is 11.3 Å². The monoisotopic (exact) mass is 272 g/mol. The summed E-state index contributed by atoms with van der Waals surface area (Å²) in [6, 6.07) is 11.6. The third-order valence-electron chi connectivity index (χ3n) is 3.88. The molecule has 0 saturated heterocycles. The molecule has 2 nitrogen and oxygen atoms in total. The summed E-state index contributed by atoms with van der Waals surface area (Å²) < 4.78 is 0. The quantitative estimate of drug-likeness (QED) is 0.830. The van der Waals surface area contributed by atoms with Gasteiger partial charge in [-0.25, -0.2) is 0 Å². The van der Waals surface area contributed by atoms with Crippen molar-refractivity contribution in [2.75, 3.05) is 5.73 Å². The van der Waals surface area contributed by atoms with Crippen LogP contribution in [-0.4, -0.2) is 0 Å². The molecule has 100 valence electrons. The summed E-state index contributed by atoms with van der Waals surface area (Å²) in [5.41, 5.74) is 9.56. The van der Waals surface area contributed by atoms with Gasteiger partial charge in [0.15, 0.2) is 0 Å². The molecule has 1 aromatic carbocycles. The zero-order valence-electron chi connectivity index (χ0n) is 11.4. The lowest BCUT2D eigenvalue weighted by Crippen LogP contribution is -2.22. The molecule has 0 amide bonds. The van der Waals surface area contributed by atoms with E-state index in [1.807, 2.05) is 17.4 Å². The van der Waals surface area contributed by atoms with Crippen LogP contribution in [0.4, 0.5) is 5.69 Å². The van der Waals surface area contributed by atoms with Gasteiger partial charge in [-0.1, -0.05) is 6.07 Å². The molecule has 0 aliphatic heterocycles. The number of rotatable bonds is 3. The molecular formula is C16H20N2S. The van der Waals surface area contributed by atoms with E-state index in [9.17, 15) is 0 Å². The van der Waals surface area contributed by atoms with Crippen molar-refractivity contribution in [1.82, 2.24) is 5.32 Å². The maximum atomic E-state index is 5.85. The molecular weight excluding hydrogens is 252 g/mol. The molecule has 1 aliphatic carbocycles. The van der Waals surface area contributed by atoms with E-state index in [0.29, 0.717) is 12.1 Å². The summed E-state index contributed by atoms with van der Waals surface area (Å²) in [5, 5.41) is 3.75. The van der Waals surface area contributed by atoms with E-state index in [1.165, 1.54) is 27.3 Å². The normalized spacial score (nSPS) is 19.4. The van der Waals surface area contributed by atoms with Gasteiger partial charge >= 0.3 is 0 Å². The largest absolute Gasteiger partial charge is 0.399 e. The molecule has 3 heteroatoms. The van der Waals surface area contributed by atoms with Crippen LogP contribution in [0.15, 0.2) is 30.3 Å². The minimum absolute atomic E-state index is 0.409. The minimum atomic E-state index is 0.409. The number of nitrogens with two attached hydrogens (primary N) is 1. The van der Waals surface area contributed by atoms with Gasteiger partial charge in [-0.05, 0) is 62.1 Å². The van der Waals surface area contributed by atoms with Gasteiger partial charge in [0.05, 0.1) is 0 Å². The summed E-state index contributed by atoms with van der Waals surface area (Å²) in [5.74, 6) is 0. The molecule has 1 heterocycles. The summed E-state index contributed by atoms with van der Waals surface area (Å²) >= 11 is 1.88. The molecule has 3 rings (SSSR count). The highest BCUT2D eigenvalue weighted by atomic mass is 32.1. The number of aryl methyl sites for hydroxylation is 2. The van der Waals surface area contributed by atoms with Crippen LogP contribution in [0.25, 0.3) is 0 Å². The number of nitrogens with one attached hydrogen (secondary N) is 1. The zero-order valence-corrected chi connectivity index (χ0v) is 12.3. The summed E-state index contributed by atoms with van der Waals surface area (Å²) in [4.78, 5) is 2.80. The second kappa shape index (κ2) is 4.99. The molecule has 1 aliphatic rings. The van der Waals surface area contributed by atoms with E-state index in [1.54, 1.807) is 0 Å². The van der Waals surface area contributed by atoms with Gasteiger partial charge in [0.25, 0.3) is 0 Å². The van der Waals surface area contributed by atoms with Crippen molar-refractivity contribution < 1.29 is 0 Å². The number of nitrogen functional groups attached to an aromatic ring is 1. The van der Waals surface area contributed by atoms with Crippen LogP contribution in [0.3, 0.4) is 0 Å². The van der Waals surface area contributed by atoms with Crippen LogP contribution in [0.5, 0.6) is 0 Å². The first kappa shape index (κ1) is 12.7. The predicted molar refractivity (Wildman–Crippen MR) is 82.5 cm³/mol. The van der Waals surface area contributed by atoms with Crippen molar-refractivity contribution >= 4 is 17.0 Å². The first-order valence-electron chi connectivity index (χ1n) is 6.84. The van der Waals surface area contributed by atoms with Crippen LogP contribution in [0.1, 0.15) is 46.3 Å². The van der Waals surface area contributed by atoms with Gasteiger partial charge in [-0.2, -0.15) is 0 Å². The molecule has 0 radical (unpaired) electrons. The van der Waals surface area contributed by atoms with Gasteiger partial charge < -0.3 is 11.1 Å². The fourth-order valence-corrected chi connectivity index (χ4v) is 3.77. The number of hydrogen-bond acceptors (Lipinski definition) is 3. The first-order valence-corrected chi connectivity index (χ1v) is 7.66. The molecule has 2 atom stereocenters. The Bertz CT molecular complexity index is 588. The van der Waals surface area contributed by atoms with Crippen molar-refractivity contribution in [3.63, 3.8) is 0 Å². The highest BCUT2D eigenvalue weighted by Gasteiger charge is 2.24. The molecule has 0 spiro atoms. The Morgan fingerprint density at radius 1 is 1.32 bits per heavy atom. The van der Waals surface area contributed by atoms with E-state index in [4.69, 9.17) is 5.73 Å². The van der Waals surface area contributed by atoms with E-state index in [-0.39, 0.29) is 0 Å². The van der Waals surface area contributed by atoms with Crippen LogP contribution in [0.2, 0.25) is 0 Å². The number of benzene rings is 1. The highest BCUT2D eigenvalue weighted by molar-refractivity contribution is 7.12. The SMILES string of the molecule is Cc1ccc(C(C)NC2CCc3cc(N)ccc32)s1. The van der Waals surface area contributed by atoms with Crippen molar-refractivity contribution in [3.05, 3.63) is 51.2 Å². The lowest BCUT2D eigenvalue weighted by atomic mass is 10.1. The summed E-state index contributed by atoms with van der Waals surface area (Å²) in [6.45, 7) is 4.41. The summed E-state index contributed by atoms with van der Waals surface area (Å²) in [6.07, 6.45) is 2.31. The Hall–Kier alpha value is -1.32. The lowest BCUT2D eigenvalue weighted by Gasteiger charge is -2.19. The number of fused-ring (bicyclic) bond motifs is 1. The van der Waals surface area contributed by atoms with Crippen LogP contribution < -0.4 is 11.1 Å². The topological polar surface area (TPSA) is 38.0 Å². The Kier molecular flexibility index (Phi) is 3.33. The van der Waals surface area contributed by atoms with Gasteiger partial charge in [-0.15, -0.1) is 11.3 Å². The van der Waals surface area contributed by atoms with E-state index in [2.05, 4.69) is 43.4 Å². The second-order valence-corrected chi connectivity index (χ2v) is 6.71. The Morgan fingerprint density at radius 2 is 2.16 bits per heavy atom. The van der Waals surface area contributed by atoms with Crippen molar-refractivity contribution in [3.8, 4) is 0 Å². The molecule has 0 bridgehead atoms. The Balaban J connectivity index is 1.76. The lowest BCUT2D eigenvalue weighted by molar-refractivity contribution is 0.469. The van der Waals surface area contributed by atoms with Crippen LogP contribution in [0, 0.1) is 6.92 Å². The second-order valence-electron chi connectivity index (χ2n) is 5.39. The summed E-state index contributed by atoms with van der Waals surface area (Å²) in [7, 11) is 0. The maximum Gasteiger partial charge on any atom is 0.0391 e. The Morgan fingerprint density at radius 3 is 2.89 bits per heavy atom. The number of thiophene rings is 1. The molecule has 2 unspecified atom stereocenters. The van der Waals surface area contributed by atoms with E-state index in [0.717, 1.165) is 12.1 Å². The standard InChI is InChI=1S/C16H20N2S/c1-10-3-8-16(19-10)11(2)18-15-7-4-12-9-13(17)5-6-14(12)15/h3,5-6,8-9,11,15,18H,4,7,17H2,1-2H3. The predicted octanol–water partition coefficient (Wildman–Crippen LogP) is 3.98. The van der Waals surface area contributed by atoms with Gasteiger partial charge in [-0.3, -0.25) is 0 Å². The van der Waals surface area contributed by atoms with Crippen molar-refractivity contribution in [1.29, 1.82) is 0 Å². The molecule has 0 fully saturated rings. The minimum Gasteiger partial charge on any atom is -0.399 e. The van der Waals surface area contributed by atoms with Crippen LogP contribution in [-0.2, 0) is 6.42 Å². The molecule has 1 aromatic heterocycles. The molecule has 2 aromatic rings. The average molecular weight is 272 g/mol. The van der Waals surface area contributed by atoms with E-state index < -0.39 is 0 Å². The fraction of sp³-hybridized carbons (Fsp3) is 0.375. The molecule has 19 heavy (non-hydrogen) atoms. The van der Waals surface area contributed by atoms with Gasteiger partial charge in [0.1, 0.15) is 0 Å². The Labute approximate surface area is 118 Å². The van der Waals surface area contributed by atoms with Crippen molar-refractivity contribution in [2.45, 2.75) is 38.8 Å². The number of anilines is 1. The van der Waals surface area contributed by atoms with Gasteiger partial charge in [0.2, 0.25) is 0 Å². The van der Waals surface area contributed by atoms with Crippen molar-refractivity contribution in [2.24, 2.45) is 0 Å². The molecule has 3 N–H and O–H groups in total. The zero-order chi connectivity index (χ0) is 13.4. The molecule has 0 saturated carbocycles.